The molecule has 1 aliphatic rings. The van der Waals surface area contributed by atoms with Crippen LogP contribution in [0.1, 0.15) is 90.1 Å². The van der Waals surface area contributed by atoms with Gasteiger partial charge < -0.3 is 51.5 Å². The Morgan fingerprint density at radius 1 is 0.476 bits per heavy atom. The molecule has 0 N–H and O–H groups in total. The van der Waals surface area contributed by atoms with Gasteiger partial charge in [0.15, 0.2) is 12.1 Å². The van der Waals surface area contributed by atoms with Crippen LogP contribution in [-0.2, 0) is 61.5 Å². The van der Waals surface area contributed by atoms with E-state index in [4.69, 9.17) is 51.5 Å². The van der Waals surface area contributed by atoms with E-state index in [-0.39, 0.29) is 65.7 Å². The molecule has 1 aliphatic heterocycles. The number of hydrogen-bond acceptors (Lipinski definition) is 13. The van der Waals surface area contributed by atoms with Crippen molar-refractivity contribution in [3.63, 3.8) is 0 Å². The molecule has 0 aliphatic carbocycles. The molecule has 7 aromatic carbocycles. The van der Waals surface area contributed by atoms with Gasteiger partial charge in [0.1, 0.15) is 71.9 Å². The second-order valence-corrected chi connectivity index (χ2v) is 33.6. The average molecular weight is 1180 g/mol. The Labute approximate surface area is 498 Å². The van der Waals surface area contributed by atoms with Gasteiger partial charge in [-0.1, -0.05) is 175 Å². The summed E-state index contributed by atoms with van der Waals surface area (Å²) in [6, 6.07) is 57.1. The molecule has 0 amide bonds. The van der Waals surface area contributed by atoms with Crippen LogP contribution in [0.5, 0.6) is 28.7 Å². The normalized spacial score (nSPS) is 17.5. The molecule has 7 aromatic rings. The Morgan fingerprint density at radius 2 is 0.929 bits per heavy atom. The number of ketones is 1. The molecule has 5 atom stereocenters. The summed E-state index contributed by atoms with van der Waals surface area (Å²) in [7, 11) is -3.65. The number of esters is 1. The third-order valence-electron chi connectivity index (χ3n) is 15.7. The van der Waals surface area contributed by atoms with E-state index < -0.39 is 65.7 Å². The molecule has 0 spiro atoms. The summed E-state index contributed by atoms with van der Waals surface area (Å²) in [5.74, 6) is 0.621. The van der Waals surface area contributed by atoms with Gasteiger partial charge in [-0.05, 0) is 100 Å². The molecule has 0 radical (unpaired) electrons. The van der Waals surface area contributed by atoms with E-state index in [0.717, 1.165) is 33.6 Å². The number of carbonyl (C=O) groups excluding carboxylic acids is 2. The molecule has 15 heteroatoms. The quantitative estimate of drug-likeness (QED) is 0.0209. The van der Waals surface area contributed by atoms with Gasteiger partial charge in [-0.25, -0.2) is 4.79 Å². The van der Waals surface area contributed by atoms with E-state index in [1.807, 2.05) is 146 Å². The Morgan fingerprint density at radius 3 is 1.44 bits per heavy atom. The highest BCUT2D eigenvalue weighted by Gasteiger charge is 2.50. The zero-order valence-electron chi connectivity index (χ0n) is 50.5. The molecule has 0 aromatic heterocycles. The van der Waals surface area contributed by atoms with Crippen LogP contribution in [-0.4, -0.2) is 79.4 Å². The highest BCUT2D eigenvalue weighted by Crippen LogP contribution is 2.45. The summed E-state index contributed by atoms with van der Waals surface area (Å²) in [5, 5.41) is -0.512. The number of Topliss-reactive ketones (excluding diaryl/α,β-unsaturated/α-hetero) is 1. The molecule has 1 heterocycles. The molecule has 0 bridgehead atoms. The number of carbonyl (C=O) groups is 2. The number of hydrogen-bond donors (Lipinski definition) is 0. The van der Waals surface area contributed by atoms with Crippen LogP contribution < -0.4 is 23.1 Å². The van der Waals surface area contributed by atoms with Gasteiger partial charge in [0, 0.05) is 12.1 Å². The first kappa shape index (κ1) is 63.1. The van der Waals surface area contributed by atoms with E-state index in [9.17, 15) is 4.79 Å². The van der Waals surface area contributed by atoms with Crippen molar-refractivity contribution < 1.29 is 61.1 Å². The largest absolute Gasteiger partial charge is 0.543 e. The monoisotopic (exact) mass is 1170 g/mol. The number of rotatable bonds is 27. The molecule has 0 saturated carbocycles. The minimum atomic E-state index is -2.74. The standard InChI is InChI=1S/C69H82O13Si2/c1-68(2,3)83(8,9)81-57-40-59(79-66(71)54-34-38-56(39-35-54)74-43-49-24-16-12-17-25-49)62(60(41-57)82-84(10,11)69(4,5)6)58(70)47-78-67-65(77-46-52-30-22-15-23-31-52)64(76-45-51-28-20-14-21-29-51)63(75-44-50-26-18-13-19-27-50)61(80-67)48-73-42-53-32-36-55(72-7)37-33-53/h12-41,61,63-65,67H,42-48H2,1-11H3/t61-,63-,64+,65-,67-/m1/s1. The maximum Gasteiger partial charge on any atom is 0.343 e. The second-order valence-electron chi connectivity index (χ2n) is 24.1. The first-order valence-corrected chi connectivity index (χ1v) is 34.5. The van der Waals surface area contributed by atoms with Crippen LogP contribution in [0, 0.1) is 0 Å². The van der Waals surface area contributed by atoms with Crippen molar-refractivity contribution in [3.8, 4) is 28.7 Å². The van der Waals surface area contributed by atoms with Crippen molar-refractivity contribution in [2.45, 2.75) is 142 Å². The summed E-state index contributed by atoms with van der Waals surface area (Å²) >= 11 is 0. The molecule has 84 heavy (non-hydrogen) atoms. The highest BCUT2D eigenvalue weighted by molar-refractivity contribution is 6.75. The van der Waals surface area contributed by atoms with E-state index in [0.29, 0.717) is 18.1 Å². The van der Waals surface area contributed by atoms with Gasteiger partial charge in [0.2, 0.25) is 8.32 Å². The fourth-order valence-electron chi connectivity index (χ4n) is 8.78. The van der Waals surface area contributed by atoms with Crippen LogP contribution >= 0.6 is 0 Å². The maximum absolute atomic E-state index is 15.6. The zero-order valence-corrected chi connectivity index (χ0v) is 52.5. The maximum atomic E-state index is 15.6. The summed E-state index contributed by atoms with van der Waals surface area (Å²) < 4.78 is 73.0. The van der Waals surface area contributed by atoms with Gasteiger partial charge in [-0.15, -0.1) is 0 Å². The predicted octanol–water partition coefficient (Wildman–Crippen LogP) is 15.2. The number of ether oxygens (including phenoxy) is 9. The summed E-state index contributed by atoms with van der Waals surface area (Å²) in [6.07, 6.45) is -4.61. The van der Waals surface area contributed by atoms with Crippen molar-refractivity contribution >= 4 is 28.4 Å². The van der Waals surface area contributed by atoms with Crippen LogP contribution in [0.2, 0.25) is 36.3 Å². The van der Waals surface area contributed by atoms with Crippen LogP contribution in [0.3, 0.4) is 0 Å². The minimum Gasteiger partial charge on any atom is -0.543 e. The van der Waals surface area contributed by atoms with Crippen LogP contribution in [0.25, 0.3) is 0 Å². The number of benzene rings is 7. The summed E-state index contributed by atoms with van der Waals surface area (Å²) in [6.45, 7) is 21.9. The van der Waals surface area contributed by atoms with Gasteiger partial charge in [0.05, 0.1) is 45.7 Å². The zero-order chi connectivity index (χ0) is 59.9. The third-order valence-corrected chi connectivity index (χ3v) is 24.4. The van der Waals surface area contributed by atoms with Gasteiger partial charge in [0.25, 0.3) is 8.32 Å². The lowest BCUT2D eigenvalue weighted by atomic mass is 9.97. The SMILES string of the molecule is COc1ccc(COC[C@H]2O[C@@H](OCC(=O)c3c(OC(=O)c4ccc(OCc5ccccc5)cc4)cc(O[Si](C)(C)C(C)(C)C)cc3O[Si](C)(C)C(C)(C)C)[C@H](OCc3ccccc3)[C@@H](OCc3ccccc3)[C@@H]2OCc2ccccc2)cc1. The molecular formula is C69H82O13Si2. The molecule has 8 rings (SSSR count). The topological polar surface area (TPSA) is 136 Å². The van der Waals surface area contributed by atoms with E-state index in [2.05, 4.69) is 67.7 Å². The Bertz CT molecular complexity index is 3170. The highest BCUT2D eigenvalue weighted by atomic mass is 28.4. The second kappa shape index (κ2) is 28.8. The van der Waals surface area contributed by atoms with E-state index >= 15 is 4.79 Å². The lowest BCUT2D eigenvalue weighted by molar-refractivity contribution is -0.326. The average Bonchev–Trinajstić information content (AvgIpc) is 1.38. The van der Waals surface area contributed by atoms with Crippen LogP contribution in [0.4, 0.5) is 0 Å². The fraction of sp³-hybridized carbons (Fsp3) is 0.362. The number of methoxy groups -OCH3 is 1. The van der Waals surface area contributed by atoms with Crippen molar-refractivity contribution in [3.05, 3.63) is 221 Å². The predicted molar refractivity (Wildman–Crippen MR) is 331 cm³/mol. The first-order chi connectivity index (χ1) is 40.2. The Kier molecular flexibility index (Phi) is 21.6. The summed E-state index contributed by atoms with van der Waals surface area (Å²) in [4.78, 5) is 30.1. The fourth-order valence-corrected chi connectivity index (χ4v) is 10.8. The van der Waals surface area contributed by atoms with Gasteiger partial charge in [-0.3, -0.25) is 4.79 Å². The molecule has 0 unspecified atom stereocenters. The van der Waals surface area contributed by atoms with Crippen molar-refractivity contribution in [1.82, 2.24) is 0 Å². The van der Waals surface area contributed by atoms with Gasteiger partial charge in [-0.2, -0.15) is 0 Å². The van der Waals surface area contributed by atoms with Gasteiger partial charge >= 0.3 is 5.97 Å². The Balaban J connectivity index is 1.18. The minimum absolute atomic E-state index is 0.0106. The van der Waals surface area contributed by atoms with E-state index in [1.165, 1.54) is 0 Å². The van der Waals surface area contributed by atoms with E-state index in [1.54, 1.807) is 43.5 Å². The molecule has 444 valence electrons. The lowest BCUT2D eigenvalue weighted by Crippen LogP contribution is -2.62. The molecule has 1 fully saturated rings. The van der Waals surface area contributed by atoms with Crippen molar-refractivity contribution in [1.29, 1.82) is 0 Å². The molecule has 1 saturated heterocycles. The summed E-state index contributed by atoms with van der Waals surface area (Å²) in [5.41, 5.74) is 4.94. The van der Waals surface area contributed by atoms with Crippen molar-refractivity contribution in [2.24, 2.45) is 0 Å². The third kappa shape index (κ3) is 17.4. The lowest BCUT2D eigenvalue weighted by Gasteiger charge is -2.45. The van der Waals surface area contributed by atoms with Crippen molar-refractivity contribution in [2.75, 3.05) is 20.3 Å². The first-order valence-electron chi connectivity index (χ1n) is 28.7. The smallest absolute Gasteiger partial charge is 0.343 e. The molecule has 13 nitrogen and oxygen atoms in total. The molecular weight excluding hydrogens is 1090 g/mol. The van der Waals surface area contributed by atoms with Crippen LogP contribution in [0.15, 0.2) is 182 Å². The Hall–Kier alpha value is -6.93.